The summed E-state index contributed by atoms with van der Waals surface area (Å²) in [5.41, 5.74) is 1.39. The maximum atomic E-state index is 3.76. The lowest BCUT2D eigenvalue weighted by Gasteiger charge is -2.35. The highest BCUT2D eigenvalue weighted by Crippen LogP contribution is 2.25. The van der Waals surface area contributed by atoms with Gasteiger partial charge in [0.25, 0.3) is 0 Å². The second kappa shape index (κ2) is 5.14. The Morgan fingerprint density at radius 3 is 2.82 bits per heavy atom. The Kier molecular flexibility index (Phi) is 3.56. The predicted molar refractivity (Wildman–Crippen MR) is 80.6 cm³/mol. The Morgan fingerprint density at radius 1 is 1.18 bits per heavy atom. The largest absolute Gasteiger partial charge is 0.370 e. The standard InChI is InChI=1S/C14H19IN2/c15-11-3-1-5-14(9-11)17-8-2-4-13(10-17)16-12-6-7-12/h1,3,5,9,12-13,16H,2,4,6-8,10H2. The van der Waals surface area contributed by atoms with Gasteiger partial charge in [-0.25, -0.2) is 0 Å². The fourth-order valence-electron chi connectivity index (χ4n) is 2.60. The molecular formula is C14H19IN2. The van der Waals surface area contributed by atoms with E-state index in [1.54, 1.807) is 0 Å². The van der Waals surface area contributed by atoms with E-state index in [9.17, 15) is 0 Å². The summed E-state index contributed by atoms with van der Waals surface area (Å²) in [5.74, 6) is 0. The highest BCUT2D eigenvalue weighted by molar-refractivity contribution is 14.1. The Labute approximate surface area is 117 Å². The van der Waals surface area contributed by atoms with Crippen molar-refractivity contribution in [3.8, 4) is 0 Å². The summed E-state index contributed by atoms with van der Waals surface area (Å²) < 4.78 is 1.33. The van der Waals surface area contributed by atoms with Crippen LogP contribution in [-0.4, -0.2) is 25.2 Å². The van der Waals surface area contributed by atoms with Crippen molar-refractivity contribution in [1.82, 2.24) is 5.32 Å². The molecule has 0 bridgehead atoms. The Bertz CT molecular complexity index is 390. The normalized spacial score (nSPS) is 25.0. The molecule has 1 heterocycles. The molecule has 92 valence electrons. The van der Waals surface area contributed by atoms with E-state index < -0.39 is 0 Å². The molecule has 0 aromatic heterocycles. The van der Waals surface area contributed by atoms with Gasteiger partial charge in [0.15, 0.2) is 0 Å². The summed E-state index contributed by atoms with van der Waals surface area (Å²) in [6, 6.07) is 10.4. The van der Waals surface area contributed by atoms with Crippen molar-refractivity contribution in [1.29, 1.82) is 0 Å². The first-order valence-corrected chi connectivity index (χ1v) is 7.66. The number of rotatable bonds is 3. The summed E-state index contributed by atoms with van der Waals surface area (Å²) in [5, 5.41) is 3.76. The molecule has 1 atom stereocenters. The third-order valence-electron chi connectivity index (χ3n) is 3.64. The van der Waals surface area contributed by atoms with Crippen LogP contribution in [0, 0.1) is 3.57 Å². The van der Waals surface area contributed by atoms with Crippen LogP contribution in [0.3, 0.4) is 0 Å². The van der Waals surface area contributed by atoms with Gasteiger partial charge in [-0.1, -0.05) is 6.07 Å². The van der Waals surface area contributed by atoms with Crippen molar-refractivity contribution in [3.05, 3.63) is 27.8 Å². The van der Waals surface area contributed by atoms with Crippen molar-refractivity contribution in [3.63, 3.8) is 0 Å². The molecule has 3 rings (SSSR count). The molecule has 1 aliphatic carbocycles. The summed E-state index contributed by atoms with van der Waals surface area (Å²) in [7, 11) is 0. The molecule has 1 saturated carbocycles. The fourth-order valence-corrected chi connectivity index (χ4v) is 3.13. The number of nitrogens with one attached hydrogen (secondary N) is 1. The molecule has 0 spiro atoms. The lowest BCUT2D eigenvalue weighted by molar-refractivity contribution is 0.420. The van der Waals surface area contributed by atoms with Crippen molar-refractivity contribution in [2.45, 2.75) is 37.8 Å². The van der Waals surface area contributed by atoms with Gasteiger partial charge < -0.3 is 10.2 Å². The van der Waals surface area contributed by atoms with E-state index in [-0.39, 0.29) is 0 Å². The van der Waals surface area contributed by atoms with Crippen LogP contribution in [-0.2, 0) is 0 Å². The number of nitrogens with zero attached hydrogens (tertiary/aromatic N) is 1. The molecule has 1 aliphatic heterocycles. The van der Waals surface area contributed by atoms with Crippen molar-refractivity contribution in [2.24, 2.45) is 0 Å². The van der Waals surface area contributed by atoms with Gasteiger partial charge in [-0.3, -0.25) is 0 Å². The van der Waals surface area contributed by atoms with Crippen LogP contribution in [0.2, 0.25) is 0 Å². The van der Waals surface area contributed by atoms with Crippen LogP contribution in [0.15, 0.2) is 24.3 Å². The predicted octanol–water partition coefficient (Wildman–Crippen LogP) is 3.01. The van der Waals surface area contributed by atoms with E-state index in [2.05, 4.69) is 57.1 Å². The molecular weight excluding hydrogens is 323 g/mol. The smallest absolute Gasteiger partial charge is 0.0377 e. The first-order chi connectivity index (χ1) is 8.31. The number of hydrogen-bond donors (Lipinski definition) is 1. The highest BCUT2D eigenvalue weighted by Gasteiger charge is 2.27. The Balaban J connectivity index is 1.65. The molecule has 17 heavy (non-hydrogen) atoms. The van der Waals surface area contributed by atoms with E-state index in [0.717, 1.165) is 6.04 Å². The van der Waals surface area contributed by atoms with Crippen molar-refractivity contribution in [2.75, 3.05) is 18.0 Å². The van der Waals surface area contributed by atoms with Gasteiger partial charge >= 0.3 is 0 Å². The van der Waals surface area contributed by atoms with Crippen LogP contribution in [0.5, 0.6) is 0 Å². The molecule has 2 aliphatic rings. The van der Waals surface area contributed by atoms with E-state index in [0.29, 0.717) is 6.04 Å². The molecule has 2 nitrogen and oxygen atoms in total. The molecule has 1 unspecified atom stereocenters. The monoisotopic (exact) mass is 342 g/mol. The summed E-state index contributed by atoms with van der Waals surface area (Å²) >= 11 is 2.39. The minimum Gasteiger partial charge on any atom is -0.370 e. The molecule has 3 heteroatoms. The summed E-state index contributed by atoms with van der Waals surface area (Å²) in [6.45, 7) is 2.39. The second-order valence-electron chi connectivity index (χ2n) is 5.21. The molecule has 1 saturated heterocycles. The number of anilines is 1. The van der Waals surface area contributed by atoms with Gasteiger partial charge in [0, 0.05) is 34.4 Å². The average Bonchev–Trinajstić information content (AvgIpc) is 3.13. The molecule has 1 N–H and O–H groups in total. The number of halogens is 1. The van der Waals surface area contributed by atoms with Crippen molar-refractivity contribution < 1.29 is 0 Å². The zero-order chi connectivity index (χ0) is 11.7. The molecule has 1 aromatic rings. The first kappa shape index (κ1) is 11.8. The Hall–Kier alpha value is -0.290. The van der Waals surface area contributed by atoms with Gasteiger partial charge in [0.05, 0.1) is 0 Å². The van der Waals surface area contributed by atoms with Gasteiger partial charge in [0.1, 0.15) is 0 Å². The number of hydrogen-bond acceptors (Lipinski definition) is 2. The second-order valence-corrected chi connectivity index (χ2v) is 6.45. The van der Waals surface area contributed by atoms with E-state index in [4.69, 9.17) is 0 Å². The minimum atomic E-state index is 0.703. The van der Waals surface area contributed by atoms with Gasteiger partial charge in [0.2, 0.25) is 0 Å². The third kappa shape index (κ3) is 3.13. The Morgan fingerprint density at radius 2 is 2.06 bits per heavy atom. The van der Waals surface area contributed by atoms with E-state index in [1.165, 1.54) is 48.0 Å². The average molecular weight is 342 g/mol. The van der Waals surface area contributed by atoms with Gasteiger partial charge in [-0.05, 0) is 66.5 Å². The maximum absolute atomic E-state index is 3.76. The number of benzene rings is 1. The van der Waals surface area contributed by atoms with Crippen LogP contribution in [0.1, 0.15) is 25.7 Å². The topological polar surface area (TPSA) is 15.3 Å². The zero-order valence-corrected chi connectivity index (χ0v) is 12.2. The van der Waals surface area contributed by atoms with E-state index in [1.807, 2.05) is 0 Å². The maximum Gasteiger partial charge on any atom is 0.0377 e. The van der Waals surface area contributed by atoms with Crippen LogP contribution >= 0.6 is 22.6 Å². The lowest BCUT2D eigenvalue weighted by Crippen LogP contribution is -2.46. The highest BCUT2D eigenvalue weighted by atomic mass is 127. The van der Waals surface area contributed by atoms with Crippen molar-refractivity contribution >= 4 is 28.3 Å². The first-order valence-electron chi connectivity index (χ1n) is 6.58. The van der Waals surface area contributed by atoms with Gasteiger partial charge in [-0.15, -0.1) is 0 Å². The SMILES string of the molecule is Ic1cccc(N2CCCC(NC3CC3)C2)c1. The molecule has 2 fully saturated rings. The van der Waals surface area contributed by atoms with Crippen LogP contribution < -0.4 is 10.2 Å². The summed E-state index contributed by atoms with van der Waals surface area (Å²) in [6.07, 6.45) is 5.44. The van der Waals surface area contributed by atoms with Crippen LogP contribution in [0.25, 0.3) is 0 Å². The summed E-state index contributed by atoms with van der Waals surface area (Å²) in [4.78, 5) is 2.53. The minimum absolute atomic E-state index is 0.703. The quantitative estimate of drug-likeness (QED) is 0.850. The number of piperidine rings is 1. The van der Waals surface area contributed by atoms with Gasteiger partial charge in [-0.2, -0.15) is 0 Å². The lowest BCUT2D eigenvalue weighted by atomic mass is 10.0. The zero-order valence-electron chi connectivity index (χ0n) is 10.0. The molecule has 0 radical (unpaired) electrons. The molecule has 0 amide bonds. The fraction of sp³-hybridized carbons (Fsp3) is 0.571. The van der Waals surface area contributed by atoms with E-state index >= 15 is 0 Å². The van der Waals surface area contributed by atoms with Crippen LogP contribution in [0.4, 0.5) is 5.69 Å². The molecule has 1 aromatic carbocycles. The third-order valence-corrected chi connectivity index (χ3v) is 4.31.